The van der Waals surface area contributed by atoms with Gasteiger partial charge in [-0.25, -0.2) is 4.98 Å². The third kappa shape index (κ3) is 6.05. The predicted molar refractivity (Wildman–Crippen MR) is 114 cm³/mol. The van der Waals surface area contributed by atoms with Gasteiger partial charge in [-0.3, -0.25) is 0 Å². The van der Waals surface area contributed by atoms with Crippen molar-refractivity contribution in [2.24, 2.45) is 0 Å². The fourth-order valence-corrected chi connectivity index (χ4v) is 3.75. The van der Waals surface area contributed by atoms with E-state index in [2.05, 4.69) is 56.8 Å². The van der Waals surface area contributed by atoms with Gasteiger partial charge in [0.25, 0.3) is 0 Å². The summed E-state index contributed by atoms with van der Waals surface area (Å²) in [4.78, 5) is 11.2. The van der Waals surface area contributed by atoms with Crippen LogP contribution in [0, 0.1) is 0 Å². The Kier molecular flexibility index (Phi) is 6.79. The normalized spacial score (nSPS) is 20.9. The number of hydrogen-bond acceptors (Lipinski definition) is 7. The van der Waals surface area contributed by atoms with E-state index in [0.717, 1.165) is 63.6 Å². The van der Waals surface area contributed by atoms with Gasteiger partial charge in [0.15, 0.2) is 0 Å². The molecule has 1 unspecified atom stereocenters. The standard InChI is InChI=1S/C22H31N5O2/c1-27-12-9-20(10-13-27)29-19-6-4-17(5-7-19)15-24-22-23-11-8-21(26-22)25-18-3-2-14-28-16-18/h4-8,11,18,20H,2-3,9-10,12-16H2,1H3,(H2,23,24,25,26). The molecule has 4 rings (SSSR count). The van der Waals surface area contributed by atoms with Crippen molar-refractivity contribution in [3.05, 3.63) is 42.1 Å². The van der Waals surface area contributed by atoms with Crippen LogP contribution in [-0.2, 0) is 11.3 Å². The first kappa shape index (κ1) is 19.9. The van der Waals surface area contributed by atoms with Crippen molar-refractivity contribution in [3.8, 4) is 5.75 Å². The number of piperidine rings is 1. The molecule has 0 spiro atoms. The van der Waals surface area contributed by atoms with Gasteiger partial charge in [0.05, 0.1) is 12.6 Å². The van der Waals surface area contributed by atoms with Crippen molar-refractivity contribution in [2.75, 3.05) is 44.0 Å². The number of aromatic nitrogens is 2. The van der Waals surface area contributed by atoms with E-state index >= 15 is 0 Å². The van der Waals surface area contributed by atoms with Crippen molar-refractivity contribution >= 4 is 11.8 Å². The minimum absolute atomic E-state index is 0.323. The minimum atomic E-state index is 0.323. The molecule has 1 aromatic carbocycles. The molecular weight excluding hydrogens is 366 g/mol. The fraction of sp³-hybridized carbons (Fsp3) is 0.545. The lowest BCUT2D eigenvalue weighted by atomic mass is 10.1. The van der Waals surface area contributed by atoms with Crippen LogP contribution in [0.1, 0.15) is 31.2 Å². The van der Waals surface area contributed by atoms with Crippen LogP contribution in [0.2, 0.25) is 0 Å². The maximum absolute atomic E-state index is 6.12. The Bertz CT molecular complexity index is 756. The Morgan fingerprint density at radius 1 is 1.14 bits per heavy atom. The van der Waals surface area contributed by atoms with Gasteiger partial charge in [0.1, 0.15) is 17.7 Å². The molecule has 0 saturated carbocycles. The first-order chi connectivity index (χ1) is 14.2. The number of hydrogen-bond donors (Lipinski definition) is 2. The lowest BCUT2D eigenvalue weighted by Gasteiger charge is -2.29. The number of rotatable bonds is 7. The van der Waals surface area contributed by atoms with Crippen molar-refractivity contribution in [1.29, 1.82) is 0 Å². The highest BCUT2D eigenvalue weighted by atomic mass is 16.5. The molecule has 29 heavy (non-hydrogen) atoms. The lowest BCUT2D eigenvalue weighted by molar-refractivity contribution is 0.0875. The van der Waals surface area contributed by atoms with Crippen LogP contribution < -0.4 is 15.4 Å². The summed E-state index contributed by atoms with van der Waals surface area (Å²) in [7, 11) is 2.16. The molecule has 2 aromatic rings. The van der Waals surface area contributed by atoms with E-state index in [1.807, 2.05) is 6.07 Å². The van der Waals surface area contributed by atoms with Gasteiger partial charge in [-0.2, -0.15) is 4.98 Å². The summed E-state index contributed by atoms with van der Waals surface area (Å²) in [6, 6.07) is 10.5. The van der Waals surface area contributed by atoms with Crippen LogP contribution in [0.3, 0.4) is 0 Å². The number of likely N-dealkylation sites (tertiary alicyclic amines) is 1. The topological polar surface area (TPSA) is 71.5 Å². The van der Waals surface area contributed by atoms with Crippen LogP contribution in [0.25, 0.3) is 0 Å². The van der Waals surface area contributed by atoms with E-state index in [4.69, 9.17) is 9.47 Å². The largest absolute Gasteiger partial charge is 0.490 e. The second-order valence-corrected chi connectivity index (χ2v) is 7.94. The fourth-order valence-electron chi connectivity index (χ4n) is 3.75. The van der Waals surface area contributed by atoms with Gasteiger partial charge >= 0.3 is 0 Å². The lowest BCUT2D eigenvalue weighted by Crippen LogP contribution is -2.35. The molecule has 0 radical (unpaired) electrons. The Labute approximate surface area is 172 Å². The maximum atomic E-state index is 6.12. The molecule has 156 valence electrons. The summed E-state index contributed by atoms with van der Waals surface area (Å²) < 4.78 is 11.6. The summed E-state index contributed by atoms with van der Waals surface area (Å²) in [6.07, 6.45) is 6.49. The zero-order chi connectivity index (χ0) is 19.9. The van der Waals surface area contributed by atoms with Crippen molar-refractivity contribution < 1.29 is 9.47 Å². The van der Waals surface area contributed by atoms with Gasteiger partial charge < -0.3 is 25.0 Å². The highest BCUT2D eigenvalue weighted by Gasteiger charge is 2.18. The molecule has 7 nitrogen and oxygen atoms in total. The van der Waals surface area contributed by atoms with E-state index in [1.54, 1.807) is 6.20 Å². The van der Waals surface area contributed by atoms with Crippen molar-refractivity contribution in [3.63, 3.8) is 0 Å². The van der Waals surface area contributed by atoms with E-state index in [-0.39, 0.29) is 0 Å². The predicted octanol–water partition coefficient (Wildman–Crippen LogP) is 3.15. The molecule has 7 heteroatoms. The molecule has 2 aliphatic rings. The molecule has 0 bridgehead atoms. The minimum Gasteiger partial charge on any atom is -0.490 e. The molecule has 2 aliphatic heterocycles. The van der Waals surface area contributed by atoms with Gasteiger partial charge in [0.2, 0.25) is 5.95 Å². The monoisotopic (exact) mass is 397 g/mol. The summed E-state index contributed by atoms with van der Waals surface area (Å²) in [5.74, 6) is 2.40. The quantitative estimate of drug-likeness (QED) is 0.744. The second-order valence-electron chi connectivity index (χ2n) is 7.94. The number of benzene rings is 1. The van der Waals surface area contributed by atoms with Crippen LogP contribution in [-0.4, -0.2) is 60.4 Å². The van der Waals surface area contributed by atoms with E-state index in [9.17, 15) is 0 Å². The molecule has 1 atom stereocenters. The molecule has 0 aliphatic carbocycles. The average molecular weight is 398 g/mol. The van der Waals surface area contributed by atoms with E-state index < -0.39 is 0 Å². The van der Waals surface area contributed by atoms with Crippen molar-refractivity contribution in [1.82, 2.24) is 14.9 Å². The van der Waals surface area contributed by atoms with Gasteiger partial charge in [-0.05, 0) is 56.5 Å². The average Bonchev–Trinajstić information content (AvgIpc) is 2.76. The molecule has 1 aromatic heterocycles. The van der Waals surface area contributed by atoms with Crippen LogP contribution in [0.4, 0.5) is 11.8 Å². The Balaban J connectivity index is 1.26. The molecular formula is C22H31N5O2. The summed E-state index contributed by atoms with van der Waals surface area (Å²) in [5, 5.41) is 6.74. The second kappa shape index (κ2) is 9.89. The van der Waals surface area contributed by atoms with Crippen LogP contribution >= 0.6 is 0 Å². The number of anilines is 2. The molecule has 2 fully saturated rings. The zero-order valence-corrected chi connectivity index (χ0v) is 17.1. The Hall–Kier alpha value is -2.38. The molecule has 2 N–H and O–H groups in total. The summed E-state index contributed by atoms with van der Waals surface area (Å²) >= 11 is 0. The molecule has 0 amide bonds. The highest BCUT2D eigenvalue weighted by Crippen LogP contribution is 2.20. The summed E-state index contributed by atoms with van der Waals surface area (Å²) in [5.41, 5.74) is 1.17. The molecule has 3 heterocycles. The summed E-state index contributed by atoms with van der Waals surface area (Å²) in [6.45, 7) is 4.47. The first-order valence-electron chi connectivity index (χ1n) is 10.6. The number of nitrogens with zero attached hydrogens (tertiary/aromatic N) is 3. The zero-order valence-electron chi connectivity index (χ0n) is 17.1. The van der Waals surface area contributed by atoms with Crippen molar-refractivity contribution in [2.45, 2.75) is 44.4 Å². The third-order valence-electron chi connectivity index (χ3n) is 5.51. The maximum Gasteiger partial charge on any atom is 0.224 e. The van der Waals surface area contributed by atoms with Gasteiger partial charge in [0, 0.05) is 32.4 Å². The van der Waals surface area contributed by atoms with Crippen LogP contribution in [0.5, 0.6) is 5.75 Å². The van der Waals surface area contributed by atoms with Crippen LogP contribution in [0.15, 0.2) is 36.5 Å². The Morgan fingerprint density at radius 3 is 2.72 bits per heavy atom. The van der Waals surface area contributed by atoms with Gasteiger partial charge in [-0.15, -0.1) is 0 Å². The van der Waals surface area contributed by atoms with E-state index in [0.29, 0.717) is 24.6 Å². The highest BCUT2D eigenvalue weighted by molar-refractivity contribution is 5.41. The number of ether oxygens (including phenoxy) is 2. The smallest absolute Gasteiger partial charge is 0.224 e. The van der Waals surface area contributed by atoms with E-state index in [1.165, 1.54) is 5.56 Å². The SMILES string of the molecule is CN1CCC(Oc2ccc(CNc3nccc(NC4CCCOC4)n3)cc2)CC1. The number of nitrogens with one attached hydrogen (secondary N) is 2. The Morgan fingerprint density at radius 2 is 1.97 bits per heavy atom. The molecule has 2 saturated heterocycles. The third-order valence-corrected chi connectivity index (χ3v) is 5.51. The first-order valence-corrected chi connectivity index (χ1v) is 10.6. The van der Waals surface area contributed by atoms with Gasteiger partial charge in [-0.1, -0.05) is 12.1 Å².